The summed E-state index contributed by atoms with van der Waals surface area (Å²) in [5, 5.41) is 6.18. The summed E-state index contributed by atoms with van der Waals surface area (Å²) in [6.45, 7) is 7.86. The summed E-state index contributed by atoms with van der Waals surface area (Å²) in [6, 6.07) is 19.1. The van der Waals surface area contributed by atoms with Gasteiger partial charge in [0.15, 0.2) is 0 Å². The molecule has 12 nitrogen and oxygen atoms in total. The van der Waals surface area contributed by atoms with E-state index in [1.807, 2.05) is 60.3 Å². The molecule has 2 aliphatic rings. The van der Waals surface area contributed by atoms with Gasteiger partial charge in [-0.1, -0.05) is 61.9 Å². The van der Waals surface area contributed by atoms with Crippen LogP contribution in [0.1, 0.15) is 76.7 Å². The van der Waals surface area contributed by atoms with Crippen molar-refractivity contribution in [3.05, 3.63) is 66.2 Å². The second-order valence-corrected chi connectivity index (χ2v) is 15.2. The van der Waals surface area contributed by atoms with E-state index in [4.69, 9.17) is 4.74 Å². The number of unbranched alkanes of at least 4 members (excludes halogenated alkanes) is 1. The van der Waals surface area contributed by atoms with Gasteiger partial charge in [-0.05, 0) is 69.4 Å². The van der Waals surface area contributed by atoms with Crippen LogP contribution in [0.25, 0.3) is 0 Å². The summed E-state index contributed by atoms with van der Waals surface area (Å²) in [5.41, 5.74) is 0.793. The quantitative estimate of drug-likeness (QED) is 0.100. The molecule has 292 valence electrons. The molecular formula is C41H56N6O6S. The highest BCUT2D eigenvalue weighted by Gasteiger charge is 2.50. The second kappa shape index (κ2) is 22.8. The molecule has 0 saturated carbocycles. The van der Waals surface area contributed by atoms with Crippen LogP contribution in [0.2, 0.25) is 0 Å². The first kappa shape index (κ1) is 42.4. The lowest BCUT2D eigenvalue weighted by atomic mass is 9.84. The maximum atomic E-state index is 14.0. The Morgan fingerprint density at radius 1 is 0.944 bits per heavy atom. The summed E-state index contributed by atoms with van der Waals surface area (Å²) >= 11 is 1.88. The Hall–Kier alpha value is -4.36. The number of rotatable bonds is 20. The van der Waals surface area contributed by atoms with Crippen LogP contribution in [0.5, 0.6) is 0 Å². The zero-order valence-corrected chi connectivity index (χ0v) is 32.4. The van der Waals surface area contributed by atoms with E-state index in [1.165, 1.54) is 5.56 Å². The molecule has 2 atom stereocenters. The first-order valence-electron chi connectivity index (χ1n) is 19.3. The smallest absolute Gasteiger partial charge is 0.366 e. The largest absolute Gasteiger partial charge is 0.464 e. The fourth-order valence-corrected chi connectivity index (χ4v) is 8.44. The predicted molar refractivity (Wildman–Crippen MR) is 215 cm³/mol. The Kier molecular flexibility index (Phi) is 17.9. The number of thioether (sulfide) groups is 1. The van der Waals surface area contributed by atoms with E-state index < -0.39 is 17.5 Å². The van der Waals surface area contributed by atoms with Crippen molar-refractivity contribution in [1.29, 1.82) is 0 Å². The Bertz CT molecular complexity index is 1550. The fourth-order valence-electron chi connectivity index (χ4n) is 6.98. The number of anilines is 1. The molecule has 2 aromatic rings. The van der Waals surface area contributed by atoms with Crippen LogP contribution in [0.4, 0.5) is 10.5 Å². The number of hydrogen-bond acceptors (Lipinski definition) is 8. The zero-order chi connectivity index (χ0) is 38.6. The lowest BCUT2D eigenvalue weighted by molar-refractivity contribution is -0.154. The fraction of sp³-hybridized carbons (Fsp3) is 0.537. The number of piperidine rings is 1. The number of benzene rings is 2. The number of carbonyl (C=O) groups is 5. The first-order valence-corrected chi connectivity index (χ1v) is 20.3. The molecule has 2 aliphatic heterocycles. The molecule has 0 aromatic heterocycles. The molecular weight excluding hydrogens is 705 g/mol. The number of ether oxygens (including phenoxy) is 1. The molecule has 13 heteroatoms. The van der Waals surface area contributed by atoms with Crippen molar-refractivity contribution in [3.63, 3.8) is 0 Å². The van der Waals surface area contributed by atoms with Crippen molar-refractivity contribution in [1.82, 2.24) is 15.5 Å². The summed E-state index contributed by atoms with van der Waals surface area (Å²) < 4.78 is 5.85. The van der Waals surface area contributed by atoms with Gasteiger partial charge < -0.3 is 20.3 Å². The lowest BCUT2D eigenvalue weighted by Crippen LogP contribution is -2.63. The van der Waals surface area contributed by atoms with E-state index in [2.05, 4.69) is 44.4 Å². The molecule has 2 heterocycles. The van der Waals surface area contributed by atoms with Crippen molar-refractivity contribution in [3.8, 4) is 0 Å². The Labute approximate surface area is 324 Å². The van der Waals surface area contributed by atoms with E-state index >= 15 is 0 Å². The van der Waals surface area contributed by atoms with Crippen LogP contribution >= 0.6 is 11.8 Å². The highest BCUT2D eigenvalue weighted by atomic mass is 32.2. The topological polar surface area (TPSA) is 150 Å². The number of aliphatic imine (C=N–C) groups is 2. The van der Waals surface area contributed by atoms with Gasteiger partial charge in [0.1, 0.15) is 5.54 Å². The van der Waals surface area contributed by atoms with Gasteiger partial charge in [0, 0.05) is 80.8 Å². The molecule has 2 fully saturated rings. The van der Waals surface area contributed by atoms with Gasteiger partial charge >= 0.3 is 12.0 Å². The average molecular weight is 761 g/mol. The van der Waals surface area contributed by atoms with Gasteiger partial charge in [0.05, 0.1) is 6.61 Å². The first-order chi connectivity index (χ1) is 26.2. The van der Waals surface area contributed by atoms with Crippen molar-refractivity contribution in [2.24, 2.45) is 15.9 Å². The van der Waals surface area contributed by atoms with Gasteiger partial charge in [0.25, 0.3) is 0 Å². The second-order valence-electron chi connectivity index (χ2n) is 13.9. The Morgan fingerprint density at radius 2 is 1.59 bits per heavy atom. The zero-order valence-electron chi connectivity index (χ0n) is 31.6. The molecule has 2 aromatic carbocycles. The number of para-hydroxylation sites is 1. The Balaban J connectivity index is 1.15. The van der Waals surface area contributed by atoms with Crippen LogP contribution in [-0.2, 0) is 30.3 Å². The van der Waals surface area contributed by atoms with Crippen molar-refractivity contribution in [2.75, 3.05) is 50.0 Å². The van der Waals surface area contributed by atoms with Crippen LogP contribution < -0.4 is 15.5 Å². The monoisotopic (exact) mass is 760 g/mol. The van der Waals surface area contributed by atoms with Gasteiger partial charge in [-0.2, -0.15) is 11.8 Å². The van der Waals surface area contributed by atoms with E-state index in [1.54, 1.807) is 18.0 Å². The number of likely N-dealkylation sites (tertiary alicyclic amines) is 1. The SMILES string of the molecule is C=NC(=O)N=CC1CS[C@@H](CCCCC(=O)NCCNC(=O)CCCOC(=O)C2(N(C(=O)CC)c3ccccc3)CCN(CCc3ccccc3)CC2)C1. The third-order valence-corrected chi connectivity index (χ3v) is 11.5. The predicted octanol–water partition coefficient (Wildman–Crippen LogP) is 5.64. The van der Waals surface area contributed by atoms with E-state index in [0.29, 0.717) is 62.8 Å². The standard InChI is InChI=1S/C41H56N6O6S/c1-3-38(50)47(34-15-8-5-9-16-34)41(21-26-46(27-22-41)25-20-32-13-6-4-7-14-32)39(51)53-28-12-19-37(49)44-24-23-43-36(48)18-11-10-17-35-29-33(31-54-35)30-45-40(52)42-2/h4-9,13-16,30,33,35H,2-3,10-12,17-29,31H2,1H3,(H,43,48)(H,44,49)/t33?,35-/m0/s1. The molecule has 0 bridgehead atoms. The molecule has 4 rings (SSSR count). The molecule has 2 N–H and O–H groups in total. The number of amides is 5. The maximum Gasteiger partial charge on any atom is 0.366 e. The summed E-state index contributed by atoms with van der Waals surface area (Å²) in [4.78, 5) is 74.5. The average Bonchev–Trinajstić information content (AvgIpc) is 3.66. The number of hydrogen-bond donors (Lipinski definition) is 2. The minimum Gasteiger partial charge on any atom is -0.464 e. The van der Waals surface area contributed by atoms with Crippen LogP contribution in [-0.4, -0.2) is 103 Å². The normalized spacial score (nSPS) is 18.2. The van der Waals surface area contributed by atoms with Gasteiger partial charge in [0.2, 0.25) is 17.7 Å². The number of carbonyl (C=O) groups excluding carboxylic acids is 5. The molecule has 0 aliphatic carbocycles. The molecule has 2 saturated heterocycles. The van der Waals surface area contributed by atoms with Crippen LogP contribution in [0, 0.1) is 5.92 Å². The molecule has 0 radical (unpaired) electrons. The van der Waals surface area contributed by atoms with E-state index in [0.717, 1.165) is 44.4 Å². The highest BCUT2D eigenvalue weighted by Crippen LogP contribution is 2.36. The maximum absolute atomic E-state index is 14.0. The van der Waals surface area contributed by atoms with Crippen LogP contribution in [0.15, 0.2) is 70.6 Å². The summed E-state index contributed by atoms with van der Waals surface area (Å²) in [5.74, 6) is 0.400. The van der Waals surface area contributed by atoms with Crippen LogP contribution in [0.3, 0.4) is 0 Å². The molecule has 0 spiro atoms. The lowest BCUT2D eigenvalue weighted by Gasteiger charge is -2.46. The van der Waals surface area contributed by atoms with Crippen molar-refractivity contribution >= 4 is 60.1 Å². The number of urea groups is 1. The van der Waals surface area contributed by atoms with Gasteiger partial charge in [-0.3, -0.25) is 19.3 Å². The third-order valence-electron chi connectivity index (χ3n) is 9.99. The summed E-state index contributed by atoms with van der Waals surface area (Å²) in [6.07, 6.45) is 8.38. The molecule has 1 unspecified atom stereocenters. The van der Waals surface area contributed by atoms with E-state index in [9.17, 15) is 24.0 Å². The molecule has 5 amide bonds. The van der Waals surface area contributed by atoms with E-state index in [-0.39, 0.29) is 43.1 Å². The van der Waals surface area contributed by atoms with Crippen molar-refractivity contribution in [2.45, 2.75) is 88.3 Å². The minimum absolute atomic E-state index is 0.0438. The number of esters is 1. The minimum atomic E-state index is -1.14. The number of nitrogens with one attached hydrogen (secondary N) is 2. The summed E-state index contributed by atoms with van der Waals surface area (Å²) in [7, 11) is 0. The molecule has 54 heavy (non-hydrogen) atoms. The Morgan fingerprint density at radius 3 is 2.24 bits per heavy atom. The third kappa shape index (κ3) is 13.5. The van der Waals surface area contributed by atoms with Crippen molar-refractivity contribution < 1.29 is 28.7 Å². The van der Waals surface area contributed by atoms with Gasteiger partial charge in [-0.25, -0.2) is 19.6 Å². The highest BCUT2D eigenvalue weighted by molar-refractivity contribution is 8.00. The number of nitrogens with zero attached hydrogens (tertiary/aromatic N) is 4. The van der Waals surface area contributed by atoms with Gasteiger partial charge in [-0.15, -0.1) is 0 Å².